The van der Waals surface area contributed by atoms with Crippen LogP contribution in [0.1, 0.15) is 72.1 Å². The van der Waals surface area contributed by atoms with E-state index in [0.717, 1.165) is 19.1 Å². The van der Waals surface area contributed by atoms with Gasteiger partial charge < -0.3 is 10.1 Å². The average molecular weight is 255 g/mol. The summed E-state index contributed by atoms with van der Waals surface area (Å²) in [6.45, 7) is 8.78. The summed E-state index contributed by atoms with van der Waals surface area (Å²) < 4.78 is 6.27. The first-order valence-corrected chi connectivity index (χ1v) is 8.16. The zero-order valence-corrected chi connectivity index (χ0v) is 12.7. The van der Waals surface area contributed by atoms with Crippen molar-refractivity contribution in [2.75, 3.05) is 13.2 Å². The van der Waals surface area contributed by atoms with Crippen LogP contribution in [0, 0.1) is 5.92 Å². The summed E-state index contributed by atoms with van der Waals surface area (Å²) in [5, 5.41) is 3.64. The van der Waals surface area contributed by atoms with Crippen LogP contribution in [0.5, 0.6) is 0 Å². The van der Waals surface area contributed by atoms with Gasteiger partial charge in [0.05, 0.1) is 6.10 Å². The molecule has 0 aliphatic heterocycles. The summed E-state index contributed by atoms with van der Waals surface area (Å²) in [4.78, 5) is 0. The summed E-state index contributed by atoms with van der Waals surface area (Å²) in [5.74, 6) is 0.748. The molecule has 18 heavy (non-hydrogen) atoms. The molecule has 0 spiro atoms. The van der Waals surface area contributed by atoms with Crippen molar-refractivity contribution in [3.63, 3.8) is 0 Å². The molecule has 0 amide bonds. The Morgan fingerprint density at radius 1 is 1.00 bits per heavy atom. The monoisotopic (exact) mass is 255 g/mol. The van der Waals surface area contributed by atoms with Gasteiger partial charge in [-0.25, -0.2) is 0 Å². The first kappa shape index (κ1) is 16.0. The van der Waals surface area contributed by atoms with E-state index in [1.165, 1.54) is 51.4 Å². The van der Waals surface area contributed by atoms with E-state index in [1.807, 2.05) is 0 Å². The summed E-state index contributed by atoms with van der Waals surface area (Å²) in [7, 11) is 0. The van der Waals surface area contributed by atoms with Crippen molar-refractivity contribution in [3.05, 3.63) is 0 Å². The molecule has 2 heteroatoms. The van der Waals surface area contributed by atoms with Crippen molar-refractivity contribution in [2.24, 2.45) is 5.92 Å². The largest absolute Gasteiger partial charge is 0.376 e. The first-order valence-electron chi connectivity index (χ1n) is 8.16. The zero-order chi connectivity index (χ0) is 13.2. The third-order valence-corrected chi connectivity index (χ3v) is 4.37. The van der Waals surface area contributed by atoms with Crippen molar-refractivity contribution in [1.29, 1.82) is 0 Å². The van der Waals surface area contributed by atoms with Crippen molar-refractivity contribution < 1.29 is 4.74 Å². The molecular weight excluding hydrogens is 222 g/mol. The van der Waals surface area contributed by atoms with E-state index < -0.39 is 0 Å². The molecular formula is C16H33NO. The summed E-state index contributed by atoms with van der Waals surface area (Å²) in [6, 6.07) is 0.588. The summed E-state index contributed by atoms with van der Waals surface area (Å²) in [5.41, 5.74) is 0. The van der Waals surface area contributed by atoms with Crippen LogP contribution in [-0.4, -0.2) is 25.3 Å². The minimum atomic E-state index is 0.450. The topological polar surface area (TPSA) is 21.3 Å². The first-order chi connectivity index (χ1) is 8.81. The quantitative estimate of drug-likeness (QED) is 0.738. The second-order valence-corrected chi connectivity index (χ2v) is 5.71. The van der Waals surface area contributed by atoms with Crippen LogP contribution in [0.25, 0.3) is 0 Å². The van der Waals surface area contributed by atoms with E-state index in [9.17, 15) is 0 Å². The van der Waals surface area contributed by atoms with Crippen molar-refractivity contribution in [1.82, 2.24) is 5.32 Å². The van der Waals surface area contributed by atoms with Crippen LogP contribution in [0.15, 0.2) is 0 Å². The Kier molecular flexibility index (Phi) is 8.70. The number of ether oxygens (including phenoxy) is 1. The molecule has 1 aliphatic carbocycles. The summed E-state index contributed by atoms with van der Waals surface area (Å²) in [6.07, 6.45) is 11.0. The molecule has 0 radical (unpaired) electrons. The molecule has 0 bridgehead atoms. The Labute approximate surface area is 114 Å². The smallest absolute Gasteiger partial charge is 0.0728 e. The highest BCUT2D eigenvalue weighted by molar-refractivity contribution is 4.79. The minimum absolute atomic E-state index is 0.450. The molecule has 108 valence electrons. The number of hydrogen-bond acceptors (Lipinski definition) is 2. The van der Waals surface area contributed by atoms with Crippen LogP contribution >= 0.6 is 0 Å². The molecule has 1 rings (SSSR count). The molecule has 1 aliphatic rings. The third-order valence-electron chi connectivity index (χ3n) is 4.37. The minimum Gasteiger partial charge on any atom is -0.376 e. The highest BCUT2D eigenvalue weighted by atomic mass is 16.5. The lowest BCUT2D eigenvalue weighted by Crippen LogP contribution is -2.42. The second kappa shape index (κ2) is 9.80. The molecule has 0 heterocycles. The third kappa shape index (κ3) is 5.71. The van der Waals surface area contributed by atoms with Gasteiger partial charge in [-0.15, -0.1) is 0 Å². The lowest BCUT2D eigenvalue weighted by molar-refractivity contribution is -0.00604. The molecule has 0 aromatic heterocycles. The Bertz CT molecular complexity index is 192. The predicted molar refractivity (Wildman–Crippen MR) is 79.0 cm³/mol. The van der Waals surface area contributed by atoms with E-state index in [2.05, 4.69) is 26.1 Å². The van der Waals surface area contributed by atoms with Gasteiger partial charge in [0.2, 0.25) is 0 Å². The van der Waals surface area contributed by atoms with E-state index in [-0.39, 0.29) is 0 Å². The average Bonchev–Trinajstić information content (AvgIpc) is 2.37. The summed E-state index contributed by atoms with van der Waals surface area (Å²) >= 11 is 0. The number of nitrogens with one attached hydrogen (secondary N) is 1. The molecule has 0 aromatic carbocycles. The molecule has 1 saturated carbocycles. The van der Waals surface area contributed by atoms with E-state index in [1.54, 1.807) is 0 Å². The van der Waals surface area contributed by atoms with Gasteiger partial charge in [-0.3, -0.25) is 0 Å². The normalized spacial score (nSPS) is 26.0. The van der Waals surface area contributed by atoms with E-state index >= 15 is 0 Å². The van der Waals surface area contributed by atoms with Crippen molar-refractivity contribution >= 4 is 0 Å². The van der Waals surface area contributed by atoms with Gasteiger partial charge in [0.15, 0.2) is 0 Å². The Balaban J connectivity index is 2.43. The fraction of sp³-hybridized carbons (Fsp3) is 1.00. The van der Waals surface area contributed by atoms with Gasteiger partial charge in [0.1, 0.15) is 0 Å². The second-order valence-electron chi connectivity index (χ2n) is 5.71. The zero-order valence-electron chi connectivity index (χ0n) is 12.7. The van der Waals surface area contributed by atoms with Gasteiger partial charge in [-0.05, 0) is 25.3 Å². The van der Waals surface area contributed by atoms with Crippen LogP contribution in [0.2, 0.25) is 0 Å². The molecule has 2 nitrogen and oxygen atoms in total. The maximum atomic E-state index is 6.27. The van der Waals surface area contributed by atoms with Gasteiger partial charge in [0.25, 0.3) is 0 Å². The van der Waals surface area contributed by atoms with Gasteiger partial charge >= 0.3 is 0 Å². The molecule has 0 saturated heterocycles. The van der Waals surface area contributed by atoms with Gasteiger partial charge in [-0.2, -0.15) is 0 Å². The van der Waals surface area contributed by atoms with E-state index in [0.29, 0.717) is 12.1 Å². The maximum absolute atomic E-state index is 6.27. The van der Waals surface area contributed by atoms with Gasteiger partial charge in [-0.1, -0.05) is 59.3 Å². The molecule has 2 unspecified atom stereocenters. The van der Waals surface area contributed by atoms with Crippen LogP contribution in [-0.2, 0) is 4.74 Å². The lowest BCUT2D eigenvalue weighted by atomic mass is 9.94. The maximum Gasteiger partial charge on any atom is 0.0728 e. The van der Waals surface area contributed by atoms with Crippen LogP contribution < -0.4 is 5.32 Å². The Morgan fingerprint density at radius 3 is 2.28 bits per heavy atom. The number of rotatable bonds is 7. The number of hydrogen-bond donors (Lipinski definition) is 1. The Morgan fingerprint density at radius 2 is 1.67 bits per heavy atom. The van der Waals surface area contributed by atoms with Gasteiger partial charge in [0, 0.05) is 12.6 Å². The lowest BCUT2D eigenvalue weighted by Gasteiger charge is -2.31. The molecule has 1 fully saturated rings. The standard InChI is InChI=1S/C16H33NO/c1-4-14(5-2)13-18-16-12-10-8-7-9-11-15(16)17-6-3/h14-17H,4-13H2,1-3H3. The molecule has 1 N–H and O–H groups in total. The van der Waals surface area contributed by atoms with Crippen molar-refractivity contribution in [3.8, 4) is 0 Å². The van der Waals surface area contributed by atoms with Crippen molar-refractivity contribution in [2.45, 2.75) is 84.3 Å². The molecule has 2 atom stereocenters. The number of likely N-dealkylation sites (N-methyl/N-ethyl adjacent to an activating group) is 1. The Hall–Kier alpha value is -0.0800. The van der Waals surface area contributed by atoms with Crippen LogP contribution in [0.3, 0.4) is 0 Å². The van der Waals surface area contributed by atoms with Crippen LogP contribution in [0.4, 0.5) is 0 Å². The predicted octanol–water partition coefficient (Wildman–Crippen LogP) is 4.14. The highest BCUT2D eigenvalue weighted by Gasteiger charge is 2.23. The van der Waals surface area contributed by atoms with E-state index in [4.69, 9.17) is 4.74 Å². The molecule has 0 aromatic rings. The SMILES string of the molecule is CCNC1CCCCCCC1OCC(CC)CC. The fourth-order valence-electron chi connectivity index (χ4n) is 2.93. The fourth-order valence-corrected chi connectivity index (χ4v) is 2.93. The highest BCUT2D eigenvalue weighted by Crippen LogP contribution is 2.21.